The van der Waals surface area contributed by atoms with Crippen LogP contribution in [0.25, 0.3) is 0 Å². The van der Waals surface area contributed by atoms with Gasteiger partial charge in [-0.2, -0.15) is 0 Å². The zero-order valence-electron chi connectivity index (χ0n) is 10.8. The molecule has 1 N–H and O–H groups in total. The maximum absolute atomic E-state index is 12.2. The van der Waals surface area contributed by atoms with E-state index in [4.69, 9.17) is 0 Å². The molecule has 0 aromatic carbocycles. The number of amides is 1. The standard InChI is InChI=1S/C12H23N3O/c1-12(2)8-14(4)11(16)10(7-13-3)15(12)9-5-6-9/h9-10,13H,5-8H2,1-4H3. The van der Waals surface area contributed by atoms with Gasteiger partial charge in [0.1, 0.15) is 6.04 Å². The van der Waals surface area contributed by atoms with Gasteiger partial charge in [0, 0.05) is 31.7 Å². The quantitative estimate of drug-likeness (QED) is 0.750. The molecule has 16 heavy (non-hydrogen) atoms. The summed E-state index contributed by atoms with van der Waals surface area (Å²) in [6, 6.07) is 0.650. The van der Waals surface area contributed by atoms with Crippen LogP contribution in [0.2, 0.25) is 0 Å². The Labute approximate surface area is 98.0 Å². The Morgan fingerprint density at radius 2 is 2.06 bits per heavy atom. The fraction of sp³-hybridized carbons (Fsp3) is 0.917. The van der Waals surface area contributed by atoms with E-state index in [0.717, 1.165) is 13.1 Å². The molecule has 1 atom stereocenters. The number of nitrogens with one attached hydrogen (secondary N) is 1. The highest BCUT2D eigenvalue weighted by Gasteiger charge is 2.49. The lowest BCUT2D eigenvalue weighted by atomic mass is 9.94. The maximum Gasteiger partial charge on any atom is 0.241 e. The number of likely N-dealkylation sites (N-methyl/N-ethyl adjacent to an activating group) is 2. The van der Waals surface area contributed by atoms with Gasteiger partial charge >= 0.3 is 0 Å². The van der Waals surface area contributed by atoms with E-state index < -0.39 is 0 Å². The Hall–Kier alpha value is -0.610. The van der Waals surface area contributed by atoms with Gasteiger partial charge in [-0.05, 0) is 33.7 Å². The second-order valence-corrected chi connectivity index (χ2v) is 5.72. The van der Waals surface area contributed by atoms with Crippen molar-refractivity contribution < 1.29 is 4.79 Å². The van der Waals surface area contributed by atoms with Crippen LogP contribution in [0.5, 0.6) is 0 Å². The van der Waals surface area contributed by atoms with Crippen LogP contribution >= 0.6 is 0 Å². The molecule has 2 fully saturated rings. The Morgan fingerprint density at radius 1 is 1.44 bits per heavy atom. The molecule has 1 saturated heterocycles. The Balaban J connectivity index is 2.23. The molecule has 2 rings (SSSR count). The van der Waals surface area contributed by atoms with E-state index in [1.165, 1.54) is 12.8 Å². The molecule has 1 heterocycles. The molecule has 4 nitrogen and oxygen atoms in total. The lowest BCUT2D eigenvalue weighted by Crippen LogP contribution is -2.68. The third-order valence-electron chi connectivity index (χ3n) is 3.66. The third kappa shape index (κ3) is 1.96. The van der Waals surface area contributed by atoms with Crippen LogP contribution in [0.15, 0.2) is 0 Å². The summed E-state index contributed by atoms with van der Waals surface area (Å²) in [6.07, 6.45) is 2.50. The fourth-order valence-electron chi connectivity index (χ4n) is 3.02. The van der Waals surface area contributed by atoms with Crippen LogP contribution in [-0.2, 0) is 4.79 Å². The molecule has 1 amide bonds. The largest absolute Gasteiger partial charge is 0.343 e. The van der Waals surface area contributed by atoms with E-state index >= 15 is 0 Å². The van der Waals surface area contributed by atoms with Gasteiger partial charge in [-0.15, -0.1) is 0 Å². The molecule has 0 spiro atoms. The van der Waals surface area contributed by atoms with E-state index in [2.05, 4.69) is 24.1 Å². The zero-order chi connectivity index (χ0) is 11.9. The van der Waals surface area contributed by atoms with Crippen molar-refractivity contribution in [1.82, 2.24) is 15.1 Å². The van der Waals surface area contributed by atoms with Crippen molar-refractivity contribution in [2.45, 2.75) is 44.3 Å². The second-order valence-electron chi connectivity index (χ2n) is 5.72. The highest BCUT2D eigenvalue weighted by Crippen LogP contribution is 2.37. The number of carbonyl (C=O) groups excluding carboxylic acids is 1. The van der Waals surface area contributed by atoms with Gasteiger partial charge in [-0.25, -0.2) is 0 Å². The summed E-state index contributed by atoms with van der Waals surface area (Å²) in [6.45, 7) is 6.08. The van der Waals surface area contributed by atoms with Crippen LogP contribution in [0.4, 0.5) is 0 Å². The van der Waals surface area contributed by atoms with Gasteiger partial charge in [-0.1, -0.05) is 0 Å². The van der Waals surface area contributed by atoms with Gasteiger partial charge in [-0.3, -0.25) is 9.69 Å². The average Bonchev–Trinajstić information content (AvgIpc) is 2.97. The lowest BCUT2D eigenvalue weighted by molar-refractivity contribution is -0.148. The van der Waals surface area contributed by atoms with Crippen molar-refractivity contribution in [2.75, 3.05) is 27.2 Å². The molecule has 0 radical (unpaired) electrons. The summed E-state index contributed by atoms with van der Waals surface area (Å²) >= 11 is 0. The predicted octanol–water partition coefficient (Wildman–Crippen LogP) is 0.289. The summed E-state index contributed by atoms with van der Waals surface area (Å²) in [7, 11) is 3.83. The number of carbonyl (C=O) groups is 1. The van der Waals surface area contributed by atoms with Crippen LogP contribution in [0.1, 0.15) is 26.7 Å². The monoisotopic (exact) mass is 225 g/mol. The first-order valence-electron chi connectivity index (χ1n) is 6.15. The number of hydrogen-bond acceptors (Lipinski definition) is 3. The van der Waals surface area contributed by atoms with Crippen molar-refractivity contribution in [2.24, 2.45) is 0 Å². The van der Waals surface area contributed by atoms with Gasteiger partial charge in [0.15, 0.2) is 0 Å². The first-order valence-corrected chi connectivity index (χ1v) is 6.15. The van der Waals surface area contributed by atoms with Crippen molar-refractivity contribution in [3.63, 3.8) is 0 Å². The number of nitrogens with zero attached hydrogens (tertiary/aromatic N) is 2. The number of piperazine rings is 1. The molecule has 4 heteroatoms. The molecule has 0 aromatic rings. The first kappa shape index (κ1) is 11.9. The molecular formula is C12H23N3O. The summed E-state index contributed by atoms with van der Waals surface area (Å²) in [5, 5.41) is 3.15. The fourth-order valence-corrected chi connectivity index (χ4v) is 3.02. The SMILES string of the molecule is CNCC1C(=O)N(C)CC(C)(C)N1C1CC1. The highest BCUT2D eigenvalue weighted by molar-refractivity contribution is 5.83. The van der Waals surface area contributed by atoms with Crippen LogP contribution in [0, 0.1) is 0 Å². The first-order chi connectivity index (χ1) is 7.47. The van der Waals surface area contributed by atoms with Gasteiger partial charge in [0.05, 0.1) is 0 Å². The third-order valence-corrected chi connectivity index (χ3v) is 3.66. The number of hydrogen-bond donors (Lipinski definition) is 1. The van der Waals surface area contributed by atoms with E-state index in [1.807, 2.05) is 19.0 Å². The van der Waals surface area contributed by atoms with Crippen LogP contribution < -0.4 is 5.32 Å². The molecule has 0 bridgehead atoms. The van der Waals surface area contributed by atoms with E-state index in [-0.39, 0.29) is 17.5 Å². The van der Waals surface area contributed by atoms with Crippen molar-refractivity contribution >= 4 is 5.91 Å². The van der Waals surface area contributed by atoms with E-state index in [1.54, 1.807) is 0 Å². The van der Waals surface area contributed by atoms with Crippen LogP contribution in [-0.4, -0.2) is 60.5 Å². The summed E-state index contributed by atoms with van der Waals surface area (Å²) in [5.74, 6) is 0.264. The summed E-state index contributed by atoms with van der Waals surface area (Å²) < 4.78 is 0. The average molecular weight is 225 g/mol. The van der Waals surface area contributed by atoms with Gasteiger partial charge in [0.2, 0.25) is 5.91 Å². The zero-order valence-corrected chi connectivity index (χ0v) is 10.8. The Kier molecular flexibility index (Phi) is 2.97. The topological polar surface area (TPSA) is 35.6 Å². The van der Waals surface area contributed by atoms with Crippen molar-refractivity contribution in [3.05, 3.63) is 0 Å². The van der Waals surface area contributed by atoms with Gasteiger partial charge in [0.25, 0.3) is 0 Å². The smallest absolute Gasteiger partial charge is 0.241 e. The minimum atomic E-state index is 0.0197. The highest BCUT2D eigenvalue weighted by atomic mass is 16.2. The molecule has 0 aromatic heterocycles. The molecule has 1 aliphatic heterocycles. The maximum atomic E-state index is 12.2. The predicted molar refractivity (Wildman–Crippen MR) is 64.3 cm³/mol. The molecule has 2 aliphatic rings. The normalized spacial score (nSPS) is 30.9. The number of rotatable bonds is 3. The summed E-state index contributed by atoms with van der Waals surface area (Å²) in [5.41, 5.74) is 0.103. The Morgan fingerprint density at radius 3 is 2.56 bits per heavy atom. The molecule has 92 valence electrons. The Bertz CT molecular complexity index is 286. The minimum absolute atomic E-state index is 0.0197. The van der Waals surface area contributed by atoms with E-state index in [9.17, 15) is 4.79 Å². The van der Waals surface area contributed by atoms with Crippen molar-refractivity contribution in [3.8, 4) is 0 Å². The lowest BCUT2D eigenvalue weighted by Gasteiger charge is -2.50. The minimum Gasteiger partial charge on any atom is -0.343 e. The van der Waals surface area contributed by atoms with Gasteiger partial charge < -0.3 is 10.2 Å². The molecular weight excluding hydrogens is 202 g/mol. The van der Waals surface area contributed by atoms with Crippen LogP contribution in [0.3, 0.4) is 0 Å². The van der Waals surface area contributed by atoms with Crippen molar-refractivity contribution in [1.29, 1.82) is 0 Å². The molecule has 1 aliphatic carbocycles. The molecule has 1 saturated carbocycles. The summed E-state index contributed by atoms with van der Waals surface area (Å²) in [4.78, 5) is 16.5. The molecule has 1 unspecified atom stereocenters. The second kappa shape index (κ2) is 4.00. The van der Waals surface area contributed by atoms with E-state index in [0.29, 0.717) is 6.04 Å².